The maximum atomic E-state index is 4.49. The van der Waals surface area contributed by atoms with Gasteiger partial charge in [-0.3, -0.25) is 6.58 Å². The minimum atomic E-state index is 0. The molecule has 1 aromatic rings. The van der Waals surface area contributed by atoms with Crippen LogP contribution in [-0.2, 0) is 32.7 Å². The summed E-state index contributed by atoms with van der Waals surface area (Å²) < 4.78 is 0. The number of aryl methyl sites for hydroxylation is 1. The van der Waals surface area contributed by atoms with E-state index in [0.29, 0.717) is 0 Å². The van der Waals surface area contributed by atoms with Gasteiger partial charge in [-0.25, -0.2) is 0 Å². The van der Waals surface area contributed by atoms with Crippen LogP contribution in [0.5, 0.6) is 0 Å². The third-order valence-electron chi connectivity index (χ3n) is 0.885. The molecule has 0 aliphatic heterocycles. The molecule has 0 bridgehead atoms. The summed E-state index contributed by atoms with van der Waals surface area (Å²) in [5.74, 6) is 0. The van der Waals surface area contributed by atoms with Crippen LogP contribution in [0.3, 0.4) is 0 Å². The van der Waals surface area contributed by atoms with Gasteiger partial charge in [-0.15, -0.1) is 0 Å². The zero-order chi connectivity index (χ0) is 7.82. The molecule has 1 aromatic carbocycles. The Morgan fingerprint density at radius 2 is 1.82 bits per heavy atom. The van der Waals surface area contributed by atoms with E-state index in [2.05, 4.69) is 25.3 Å². The molecular formula is C9H11NY-2. The van der Waals surface area contributed by atoms with E-state index in [9.17, 15) is 0 Å². The van der Waals surface area contributed by atoms with Crippen molar-refractivity contribution < 1.29 is 32.7 Å². The standard InChI is InChI=1S/C7H7.C2H4N.Y/c1-7-5-3-2-4-6-7;1-2-3;/h3-6H,1H3;1,3H2;/q2*-1;. The van der Waals surface area contributed by atoms with Crippen LogP contribution in [0.2, 0.25) is 0 Å². The smallest absolute Gasteiger partial charge is 0 e. The molecule has 0 aliphatic carbocycles. The van der Waals surface area contributed by atoms with Gasteiger partial charge in [0.05, 0.1) is 0 Å². The Morgan fingerprint density at radius 3 is 2.00 bits per heavy atom. The van der Waals surface area contributed by atoms with Gasteiger partial charge < -0.3 is 11.9 Å². The summed E-state index contributed by atoms with van der Waals surface area (Å²) in [5, 5.41) is 0. The Bertz CT molecular complexity index is 172. The predicted octanol–water partition coefficient (Wildman–Crippen LogP) is 1.68. The summed E-state index contributed by atoms with van der Waals surface area (Å²) in [6.07, 6.45) is 2.00. The van der Waals surface area contributed by atoms with Crippen molar-refractivity contribution in [2.45, 2.75) is 6.92 Å². The molecule has 0 aliphatic rings. The van der Waals surface area contributed by atoms with Gasteiger partial charge in [0.1, 0.15) is 0 Å². The van der Waals surface area contributed by atoms with Crippen molar-refractivity contribution >= 4 is 0 Å². The number of nitrogens with two attached hydrogens (primary N) is 1. The third kappa shape index (κ3) is 9.86. The molecule has 0 aromatic heterocycles. The molecule has 0 unspecified atom stereocenters. The first-order valence-corrected chi connectivity index (χ1v) is 2.96. The summed E-state index contributed by atoms with van der Waals surface area (Å²) >= 11 is 0. The van der Waals surface area contributed by atoms with E-state index in [0.717, 1.165) is 0 Å². The second kappa shape index (κ2) is 9.86. The first kappa shape index (κ1) is 13.5. The van der Waals surface area contributed by atoms with Crippen LogP contribution in [-0.4, -0.2) is 0 Å². The second-order valence-electron chi connectivity index (χ2n) is 1.78. The normalized spacial score (nSPS) is 6.64. The van der Waals surface area contributed by atoms with Crippen LogP contribution in [0.15, 0.2) is 30.8 Å². The molecule has 1 rings (SSSR count). The average molecular weight is 222 g/mol. The SMILES string of the molecule is C=[C-]N.Cc1cc[c-]cc1.[Y]. The Morgan fingerprint density at radius 1 is 1.45 bits per heavy atom. The van der Waals surface area contributed by atoms with Crippen LogP contribution in [0.25, 0.3) is 0 Å². The molecule has 2 heteroatoms. The number of hydrogen-bond acceptors (Lipinski definition) is 1. The summed E-state index contributed by atoms with van der Waals surface area (Å²) in [4.78, 5) is 0. The van der Waals surface area contributed by atoms with Gasteiger partial charge in [-0.1, -0.05) is 6.92 Å². The van der Waals surface area contributed by atoms with E-state index in [1.165, 1.54) is 5.56 Å². The zero-order valence-corrected chi connectivity index (χ0v) is 9.51. The molecule has 57 valence electrons. The number of hydrogen-bond donors (Lipinski definition) is 1. The van der Waals surface area contributed by atoms with Crippen molar-refractivity contribution in [2.24, 2.45) is 5.73 Å². The molecule has 11 heavy (non-hydrogen) atoms. The van der Waals surface area contributed by atoms with Crippen molar-refractivity contribution in [2.75, 3.05) is 0 Å². The molecule has 0 saturated heterocycles. The summed E-state index contributed by atoms with van der Waals surface area (Å²) in [7, 11) is 0. The number of benzene rings is 1. The second-order valence-corrected chi connectivity index (χ2v) is 1.78. The van der Waals surface area contributed by atoms with Crippen LogP contribution >= 0.6 is 0 Å². The summed E-state index contributed by atoms with van der Waals surface area (Å²) in [6, 6.07) is 10.8. The minimum absolute atomic E-state index is 0. The van der Waals surface area contributed by atoms with E-state index in [1.807, 2.05) is 30.5 Å². The molecule has 1 radical (unpaired) electrons. The Hall–Kier alpha value is -0.136. The quantitative estimate of drug-likeness (QED) is 0.524. The zero-order valence-electron chi connectivity index (χ0n) is 6.67. The van der Waals surface area contributed by atoms with Crippen molar-refractivity contribution in [3.05, 3.63) is 48.7 Å². The van der Waals surface area contributed by atoms with E-state index in [1.54, 1.807) is 0 Å². The van der Waals surface area contributed by atoms with Gasteiger partial charge in [0.15, 0.2) is 0 Å². The first-order valence-electron chi connectivity index (χ1n) is 2.96. The first-order chi connectivity index (χ1) is 4.81. The molecule has 1 nitrogen and oxygen atoms in total. The van der Waals surface area contributed by atoms with Gasteiger partial charge in [0, 0.05) is 32.7 Å². The molecule has 0 fully saturated rings. The van der Waals surface area contributed by atoms with Crippen LogP contribution in [0.4, 0.5) is 0 Å². The van der Waals surface area contributed by atoms with Crippen LogP contribution in [0, 0.1) is 19.2 Å². The minimum Gasteiger partial charge on any atom is -0.580 e. The van der Waals surface area contributed by atoms with Gasteiger partial charge in [-0.2, -0.15) is 35.9 Å². The predicted molar refractivity (Wildman–Crippen MR) is 43.1 cm³/mol. The van der Waals surface area contributed by atoms with E-state index < -0.39 is 0 Å². The average Bonchev–Trinajstić information content (AvgIpc) is 1.91. The third-order valence-corrected chi connectivity index (χ3v) is 0.885. The topological polar surface area (TPSA) is 26.0 Å². The van der Waals surface area contributed by atoms with Crippen molar-refractivity contribution in [1.29, 1.82) is 0 Å². The van der Waals surface area contributed by atoms with Gasteiger partial charge in [-0.05, 0) is 0 Å². The monoisotopic (exact) mass is 222 g/mol. The van der Waals surface area contributed by atoms with Gasteiger partial charge >= 0.3 is 0 Å². The van der Waals surface area contributed by atoms with Crippen molar-refractivity contribution in [1.82, 2.24) is 0 Å². The molecule has 0 spiro atoms. The fourth-order valence-electron chi connectivity index (χ4n) is 0.470. The van der Waals surface area contributed by atoms with Crippen molar-refractivity contribution in [3.63, 3.8) is 0 Å². The fourth-order valence-corrected chi connectivity index (χ4v) is 0.470. The van der Waals surface area contributed by atoms with Crippen molar-refractivity contribution in [3.8, 4) is 0 Å². The maximum absolute atomic E-state index is 4.49. The molecular weight excluding hydrogens is 211 g/mol. The Kier molecular flexibility index (Phi) is 12.1. The molecule has 0 atom stereocenters. The van der Waals surface area contributed by atoms with Gasteiger partial charge in [0.2, 0.25) is 0 Å². The Balaban J connectivity index is 0. The summed E-state index contributed by atoms with van der Waals surface area (Å²) in [5.41, 5.74) is 5.78. The Labute approximate surface area is 93.6 Å². The van der Waals surface area contributed by atoms with E-state index in [-0.39, 0.29) is 32.7 Å². The van der Waals surface area contributed by atoms with E-state index in [4.69, 9.17) is 0 Å². The molecule has 2 N–H and O–H groups in total. The summed E-state index contributed by atoms with van der Waals surface area (Å²) in [6.45, 7) is 5.08. The number of rotatable bonds is 0. The maximum Gasteiger partial charge on any atom is 0 e. The largest absolute Gasteiger partial charge is 0.580 e. The fraction of sp³-hybridized carbons (Fsp3) is 0.111. The molecule has 0 saturated carbocycles. The van der Waals surface area contributed by atoms with Crippen LogP contribution < -0.4 is 5.73 Å². The van der Waals surface area contributed by atoms with Gasteiger partial charge in [0.25, 0.3) is 0 Å². The molecule has 0 heterocycles. The van der Waals surface area contributed by atoms with E-state index >= 15 is 0 Å². The molecule has 0 amide bonds. The van der Waals surface area contributed by atoms with Crippen LogP contribution in [0.1, 0.15) is 5.56 Å².